The van der Waals surface area contributed by atoms with Crippen molar-refractivity contribution >= 4 is 18.0 Å². The third-order valence-corrected chi connectivity index (χ3v) is 1.51. The molecule has 0 atom stereocenters. The third kappa shape index (κ3) is 4.50. The lowest BCUT2D eigenvalue weighted by Gasteiger charge is -2.17. The van der Waals surface area contributed by atoms with Crippen molar-refractivity contribution in [3.8, 4) is 0 Å². The summed E-state index contributed by atoms with van der Waals surface area (Å²) in [5.74, 6) is -1.70. The van der Waals surface area contributed by atoms with Gasteiger partial charge in [-0.2, -0.15) is 0 Å². The number of carbonyl (C=O) groups excluding carboxylic acids is 1. The number of aromatic nitrogens is 1. The van der Waals surface area contributed by atoms with Gasteiger partial charge in [-0.1, -0.05) is 0 Å². The fourth-order valence-corrected chi connectivity index (χ4v) is 0.938. The zero-order valence-electron chi connectivity index (χ0n) is 9.76. The highest BCUT2D eigenvalue weighted by molar-refractivity contribution is 5.87. The van der Waals surface area contributed by atoms with E-state index in [0.29, 0.717) is 0 Å². The minimum Gasteiger partial charge on any atom is -0.476 e. The van der Waals surface area contributed by atoms with Crippen LogP contribution in [-0.4, -0.2) is 27.6 Å². The first kappa shape index (κ1) is 13.0. The largest absolute Gasteiger partial charge is 0.476 e. The quantitative estimate of drug-likeness (QED) is 0.638. The lowest BCUT2D eigenvalue weighted by atomic mass is 10.2. The molecule has 0 aliphatic carbocycles. The van der Waals surface area contributed by atoms with Crippen molar-refractivity contribution in [3.63, 3.8) is 0 Å². The van der Waals surface area contributed by atoms with Crippen molar-refractivity contribution in [2.45, 2.75) is 26.4 Å². The average molecular weight is 239 g/mol. The summed E-state index contributed by atoms with van der Waals surface area (Å²) in [6, 6.07) is 0. The van der Waals surface area contributed by atoms with Crippen LogP contribution in [0.15, 0.2) is 16.8 Å². The van der Waals surface area contributed by atoms with E-state index in [1.54, 1.807) is 20.8 Å². The van der Waals surface area contributed by atoms with Gasteiger partial charge in [0.1, 0.15) is 11.9 Å². The summed E-state index contributed by atoms with van der Waals surface area (Å²) in [6.45, 7) is 5.23. The van der Waals surface area contributed by atoms with Crippen molar-refractivity contribution in [1.82, 2.24) is 4.98 Å². The summed E-state index contributed by atoms with van der Waals surface area (Å²) in [6.07, 6.45) is 3.38. The Balaban J connectivity index is 2.64. The van der Waals surface area contributed by atoms with Gasteiger partial charge in [0.15, 0.2) is 5.69 Å². The first-order chi connectivity index (χ1) is 7.78. The SMILES string of the molecule is CC(C)(C)OC(=O)C=Cc1nc(C(=O)O)co1. The maximum absolute atomic E-state index is 11.3. The molecule has 0 bridgehead atoms. The highest BCUT2D eigenvalue weighted by Gasteiger charge is 2.14. The number of esters is 1. The van der Waals surface area contributed by atoms with E-state index in [2.05, 4.69) is 4.98 Å². The van der Waals surface area contributed by atoms with Gasteiger partial charge >= 0.3 is 11.9 Å². The van der Waals surface area contributed by atoms with Crippen LogP contribution in [0.4, 0.5) is 0 Å². The molecule has 1 rings (SSSR count). The highest BCUT2D eigenvalue weighted by atomic mass is 16.6. The lowest BCUT2D eigenvalue weighted by molar-refractivity contribution is -0.148. The number of ether oxygens (including phenoxy) is 1. The van der Waals surface area contributed by atoms with E-state index in [-0.39, 0.29) is 11.6 Å². The number of nitrogens with zero attached hydrogens (tertiary/aromatic N) is 1. The van der Waals surface area contributed by atoms with Gasteiger partial charge in [-0.3, -0.25) is 0 Å². The van der Waals surface area contributed by atoms with E-state index in [1.807, 2.05) is 0 Å². The fraction of sp³-hybridized carbons (Fsp3) is 0.364. The van der Waals surface area contributed by atoms with E-state index < -0.39 is 17.5 Å². The number of carboxylic acid groups (broad SMARTS) is 1. The lowest BCUT2D eigenvalue weighted by Crippen LogP contribution is -2.22. The summed E-state index contributed by atoms with van der Waals surface area (Å²) in [7, 11) is 0. The van der Waals surface area contributed by atoms with Crippen molar-refractivity contribution < 1.29 is 23.8 Å². The van der Waals surface area contributed by atoms with Gasteiger partial charge in [0.2, 0.25) is 5.89 Å². The van der Waals surface area contributed by atoms with E-state index >= 15 is 0 Å². The summed E-state index contributed by atoms with van der Waals surface area (Å²) in [5, 5.41) is 8.59. The van der Waals surface area contributed by atoms with Crippen molar-refractivity contribution in [3.05, 3.63) is 23.9 Å². The monoisotopic (exact) mass is 239 g/mol. The van der Waals surface area contributed by atoms with E-state index in [9.17, 15) is 9.59 Å². The Morgan fingerprint density at radius 2 is 2.12 bits per heavy atom. The molecule has 92 valence electrons. The molecular formula is C11H13NO5. The molecule has 6 nitrogen and oxygen atoms in total. The summed E-state index contributed by atoms with van der Waals surface area (Å²) in [5.41, 5.74) is -0.793. The molecule has 0 saturated heterocycles. The van der Waals surface area contributed by atoms with Gasteiger partial charge < -0.3 is 14.3 Å². The normalized spacial score (nSPS) is 11.7. The zero-order chi connectivity index (χ0) is 13.1. The Labute approximate surface area is 97.9 Å². The van der Waals surface area contributed by atoms with Gasteiger partial charge in [-0.05, 0) is 20.8 Å². The predicted molar refractivity (Wildman–Crippen MR) is 58.3 cm³/mol. The van der Waals surface area contributed by atoms with Crippen molar-refractivity contribution in [2.75, 3.05) is 0 Å². The Hall–Kier alpha value is -2.11. The van der Waals surface area contributed by atoms with Crippen LogP contribution in [0.1, 0.15) is 37.2 Å². The molecule has 1 aromatic rings. The maximum atomic E-state index is 11.3. The molecule has 0 radical (unpaired) electrons. The fourth-order valence-electron chi connectivity index (χ4n) is 0.938. The Bertz CT molecular complexity index is 453. The number of hydrogen-bond donors (Lipinski definition) is 1. The molecule has 0 amide bonds. The van der Waals surface area contributed by atoms with Crippen molar-refractivity contribution in [1.29, 1.82) is 0 Å². The Morgan fingerprint density at radius 1 is 1.47 bits per heavy atom. The minimum absolute atomic E-state index is 0.0354. The standard InChI is InChI=1S/C11H13NO5/c1-11(2,3)17-9(13)5-4-8-12-7(6-16-8)10(14)15/h4-6H,1-3H3,(H,14,15). The molecule has 17 heavy (non-hydrogen) atoms. The van der Waals surface area contributed by atoms with Crippen LogP contribution in [0.5, 0.6) is 0 Å². The zero-order valence-corrected chi connectivity index (χ0v) is 9.76. The van der Waals surface area contributed by atoms with Gasteiger partial charge in [-0.15, -0.1) is 0 Å². The predicted octanol–water partition coefficient (Wildman–Crippen LogP) is 1.73. The van der Waals surface area contributed by atoms with Crippen LogP contribution < -0.4 is 0 Å². The smallest absolute Gasteiger partial charge is 0.357 e. The second-order valence-corrected chi connectivity index (χ2v) is 4.24. The van der Waals surface area contributed by atoms with Crippen LogP contribution in [0.2, 0.25) is 0 Å². The molecule has 1 aromatic heterocycles. The van der Waals surface area contributed by atoms with Gasteiger partial charge in [0.25, 0.3) is 0 Å². The molecule has 0 aliphatic heterocycles. The first-order valence-electron chi connectivity index (χ1n) is 4.88. The molecule has 1 heterocycles. The molecular weight excluding hydrogens is 226 g/mol. The number of carboxylic acids is 1. The first-order valence-corrected chi connectivity index (χ1v) is 4.88. The van der Waals surface area contributed by atoms with Crippen LogP contribution in [0.3, 0.4) is 0 Å². The van der Waals surface area contributed by atoms with Gasteiger partial charge in [-0.25, -0.2) is 14.6 Å². The molecule has 1 N–H and O–H groups in total. The molecule has 0 saturated carbocycles. The minimum atomic E-state index is -1.19. The third-order valence-electron chi connectivity index (χ3n) is 1.51. The molecule has 0 unspecified atom stereocenters. The van der Waals surface area contributed by atoms with Crippen LogP contribution in [-0.2, 0) is 9.53 Å². The van der Waals surface area contributed by atoms with Crippen LogP contribution in [0.25, 0.3) is 6.08 Å². The van der Waals surface area contributed by atoms with E-state index in [4.69, 9.17) is 14.3 Å². The molecule has 0 spiro atoms. The van der Waals surface area contributed by atoms with Gasteiger partial charge in [0.05, 0.1) is 0 Å². The topological polar surface area (TPSA) is 89.6 Å². The number of aromatic carboxylic acids is 1. The van der Waals surface area contributed by atoms with E-state index in [0.717, 1.165) is 12.3 Å². The number of rotatable bonds is 3. The molecule has 6 heteroatoms. The number of hydrogen-bond acceptors (Lipinski definition) is 5. The van der Waals surface area contributed by atoms with Gasteiger partial charge in [0, 0.05) is 12.2 Å². The molecule has 0 fully saturated rings. The van der Waals surface area contributed by atoms with Crippen LogP contribution >= 0.6 is 0 Å². The maximum Gasteiger partial charge on any atom is 0.357 e. The number of carbonyl (C=O) groups is 2. The van der Waals surface area contributed by atoms with Crippen molar-refractivity contribution in [2.24, 2.45) is 0 Å². The average Bonchev–Trinajstić information content (AvgIpc) is 2.60. The molecule has 0 aliphatic rings. The Kier molecular flexibility index (Phi) is 3.67. The second kappa shape index (κ2) is 4.82. The second-order valence-electron chi connectivity index (χ2n) is 4.24. The van der Waals surface area contributed by atoms with Crippen LogP contribution in [0, 0.1) is 0 Å². The summed E-state index contributed by atoms with van der Waals surface area (Å²) < 4.78 is 9.82. The Morgan fingerprint density at radius 3 is 2.59 bits per heavy atom. The molecule has 0 aromatic carbocycles. The van der Waals surface area contributed by atoms with E-state index in [1.165, 1.54) is 6.08 Å². The number of oxazole rings is 1. The summed E-state index contributed by atoms with van der Waals surface area (Å²) in [4.78, 5) is 25.4. The highest BCUT2D eigenvalue weighted by Crippen LogP contribution is 2.09. The summed E-state index contributed by atoms with van der Waals surface area (Å²) >= 11 is 0.